The maximum atomic E-state index is 12.4. The second-order valence-corrected chi connectivity index (χ2v) is 13.2. The lowest BCUT2D eigenvalue weighted by molar-refractivity contribution is 0.0272. The van der Waals surface area contributed by atoms with Crippen molar-refractivity contribution in [3.63, 3.8) is 0 Å². The highest BCUT2D eigenvalue weighted by Crippen LogP contribution is 2.41. The number of fused-ring (bicyclic) bond motifs is 1. The molecule has 2 heterocycles. The van der Waals surface area contributed by atoms with Crippen molar-refractivity contribution in [1.82, 2.24) is 14.1 Å². The van der Waals surface area contributed by atoms with E-state index in [2.05, 4.69) is 4.90 Å². The van der Waals surface area contributed by atoms with Crippen LogP contribution in [-0.4, -0.2) is 85.8 Å². The summed E-state index contributed by atoms with van der Waals surface area (Å²) in [6.45, 7) is 10.3. The van der Waals surface area contributed by atoms with Gasteiger partial charge in [0.05, 0.1) is 17.4 Å². The summed E-state index contributed by atoms with van der Waals surface area (Å²) in [5.74, 6) is 1.56. The van der Waals surface area contributed by atoms with E-state index in [-0.39, 0.29) is 12.2 Å². The zero-order valence-corrected chi connectivity index (χ0v) is 22.1. The number of carbonyl (C=O) groups is 1. The highest BCUT2D eigenvalue weighted by molar-refractivity contribution is 7.88. The van der Waals surface area contributed by atoms with Gasteiger partial charge in [0.2, 0.25) is 10.0 Å². The van der Waals surface area contributed by atoms with E-state index < -0.39 is 15.6 Å². The van der Waals surface area contributed by atoms with E-state index in [9.17, 15) is 13.2 Å². The molecule has 1 aliphatic carbocycles. The second-order valence-electron chi connectivity index (χ2n) is 10.8. The molecule has 0 radical (unpaired) electrons. The van der Waals surface area contributed by atoms with E-state index >= 15 is 0 Å². The molecule has 0 aromatic heterocycles. The van der Waals surface area contributed by atoms with Crippen molar-refractivity contribution in [3.8, 4) is 5.75 Å². The smallest absolute Gasteiger partial charge is 0.410 e. The predicted molar refractivity (Wildman–Crippen MR) is 132 cm³/mol. The van der Waals surface area contributed by atoms with Gasteiger partial charge in [-0.15, -0.1) is 0 Å². The van der Waals surface area contributed by atoms with Gasteiger partial charge in [0, 0.05) is 45.8 Å². The highest BCUT2D eigenvalue weighted by Gasteiger charge is 2.44. The molecule has 1 aromatic rings. The fraction of sp³-hybridized carbons (Fsp3) is 0.708. The van der Waals surface area contributed by atoms with Crippen LogP contribution >= 0.6 is 11.6 Å². The molecule has 1 unspecified atom stereocenters. The summed E-state index contributed by atoms with van der Waals surface area (Å²) in [6.07, 6.45) is 2.95. The highest BCUT2D eigenvalue weighted by atomic mass is 35.5. The molecule has 8 nitrogen and oxygen atoms in total. The molecule has 10 heteroatoms. The lowest BCUT2D eigenvalue weighted by atomic mass is 10.0. The molecule has 0 bridgehead atoms. The average molecular weight is 514 g/mol. The third-order valence-electron chi connectivity index (χ3n) is 6.86. The zero-order valence-electron chi connectivity index (χ0n) is 20.5. The van der Waals surface area contributed by atoms with Gasteiger partial charge in [-0.2, -0.15) is 4.31 Å². The summed E-state index contributed by atoms with van der Waals surface area (Å²) in [6, 6.07) is 5.91. The Morgan fingerprint density at radius 3 is 2.24 bits per heavy atom. The Morgan fingerprint density at radius 2 is 1.71 bits per heavy atom. The number of amides is 1. The summed E-state index contributed by atoms with van der Waals surface area (Å²) in [7, 11) is -3.12. The monoisotopic (exact) mass is 513 g/mol. The van der Waals surface area contributed by atoms with Gasteiger partial charge in [-0.05, 0) is 63.1 Å². The van der Waals surface area contributed by atoms with E-state index in [4.69, 9.17) is 21.1 Å². The molecule has 2 aliphatic heterocycles. The molecular weight excluding hydrogens is 478 g/mol. The van der Waals surface area contributed by atoms with E-state index in [0.29, 0.717) is 48.8 Å². The van der Waals surface area contributed by atoms with Gasteiger partial charge in [0.25, 0.3) is 0 Å². The Labute approximate surface area is 208 Å². The summed E-state index contributed by atoms with van der Waals surface area (Å²) in [4.78, 5) is 16.4. The number of nitrogens with zero attached hydrogens (tertiary/aromatic N) is 3. The minimum Gasteiger partial charge on any atom is -0.489 e. The molecule has 1 aromatic carbocycles. The number of rotatable bonds is 5. The first kappa shape index (κ1) is 25.5. The fourth-order valence-electron chi connectivity index (χ4n) is 5.21. The first-order chi connectivity index (χ1) is 15.9. The number of piperazine rings is 1. The van der Waals surface area contributed by atoms with Crippen molar-refractivity contribution >= 4 is 27.7 Å². The van der Waals surface area contributed by atoms with Crippen molar-refractivity contribution in [2.75, 3.05) is 45.5 Å². The number of ether oxygens (including phenoxy) is 2. The van der Waals surface area contributed by atoms with E-state index in [1.807, 2.05) is 43.9 Å². The fourth-order valence-corrected chi connectivity index (χ4v) is 6.29. The number of hydrogen-bond donors (Lipinski definition) is 0. The number of carbonyl (C=O) groups excluding carboxylic acids is 1. The number of halogens is 1. The van der Waals surface area contributed by atoms with E-state index in [0.717, 1.165) is 38.0 Å². The van der Waals surface area contributed by atoms with Gasteiger partial charge in [0.1, 0.15) is 11.4 Å². The summed E-state index contributed by atoms with van der Waals surface area (Å²) in [5.41, 5.74) is 0.606. The van der Waals surface area contributed by atoms with Gasteiger partial charge in [-0.1, -0.05) is 17.7 Å². The third-order valence-corrected chi connectivity index (χ3v) is 8.45. The maximum Gasteiger partial charge on any atom is 0.410 e. The molecule has 34 heavy (non-hydrogen) atoms. The minimum absolute atomic E-state index is 0.100. The van der Waals surface area contributed by atoms with Crippen molar-refractivity contribution in [1.29, 1.82) is 0 Å². The molecule has 4 rings (SSSR count). The normalized spacial score (nSPS) is 26.5. The third kappa shape index (κ3) is 6.36. The molecule has 190 valence electrons. The van der Waals surface area contributed by atoms with Crippen molar-refractivity contribution < 1.29 is 22.7 Å². The largest absolute Gasteiger partial charge is 0.489 e. The van der Waals surface area contributed by atoms with Gasteiger partial charge in [0.15, 0.2) is 0 Å². The molecule has 1 saturated carbocycles. The van der Waals surface area contributed by atoms with Crippen LogP contribution in [0.25, 0.3) is 0 Å². The maximum absolute atomic E-state index is 12.4. The molecule has 3 aliphatic rings. The average Bonchev–Trinajstić information content (AvgIpc) is 3.27. The Bertz CT molecular complexity index is 990. The predicted octanol–water partition coefficient (Wildman–Crippen LogP) is 3.44. The van der Waals surface area contributed by atoms with Crippen LogP contribution in [0.1, 0.15) is 39.2 Å². The Hall–Kier alpha value is -1.55. The van der Waals surface area contributed by atoms with Crippen LogP contribution in [0, 0.1) is 11.8 Å². The van der Waals surface area contributed by atoms with Crippen LogP contribution in [0.5, 0.6) is 5.75 Å². The van der Waals surface area contributed by atoms with E-state index in [1.165, 1.54) is 10.6 Å². The van der Waals surface area contributed by atoms with Crippen molar-refractivity contribution in [3.05, 3.63) is 28.8 Å². The van der Waals surface area contributed by atoms with Gasteiger partial charge < -0.3 is 14.4 Å². The molecule has 3 fully saturated rings. The number of likely N-dealkylation sites (tertiary alicyclic amines) is 1. The van der Waals surface area contributed by atoms with E-state index in [1.54, 1.807) is 0 Å². The van der Waals surface area contributed by atoms with Crippen LogP contribution in [0.3, 0.4) is 0 Å². The minimum atomic E-state index is -3.12. The standard InChI is InChI=1S/C24H36ClN3O5S/c1-24(2,3)33-23(29)27-15-18-12-20(13-19(18)16-27)32-22-6-5-17(11-21(22)25)14-26-7-9-28(10-8-26)34(4,30)31/h5-6,11,18-20H,7-10,12-16H2,1-4H3/t18-,19+,20?. The van der Waals surface area contributed by atoms with Crippen LogP contribution in [0.15, 0.2) is 18.2 Å². The van der Waals surface area contributed by atoms with Gasteiger partial charge in [-0.25, -0.2) is 13.2 Å². The van der Waals surface area contributed by atoms with Crippen LogP contribution in [0.2, 0.25) is 5.02 Å². The first-order valence-corrected chi connectivity index (χ1v) is 14.2. The second kappa shape index (κ2) is 9.84. The molecular formula is C24H36ClN3O5S. The number of sulfonamides is 1. The summed E-state index contributed by atoms with van der Waals surface area (Å²) >= 11 is 6.55. The molecule has 0 N–H and O–H groups in total. The molecule has 3 atom stereocenters. The topological polar surface area (TPSA) is 79.4 Å². The lowest BCUT2D eigenvalue weighted by Crippen LogP contribution is -2.47. The lowest BCUT2D eigenvalue weighted by Gasteiger charge is -2.33. The van der Waals surface area contributed by atoms with Gasteiger partial charge >= 0.3 is 6.09 Å². The van der Waals surface area contributed by atoms with Crippen molar-refractivity contribution in [2.45, 2.75) is 51.9 Å². The van der Waals surface area contributed by atoms with Crippen LogP contribution < -0.4 is 4.74 Å². The zero-order chi connectivity index (χ0) is 24.7. The first-order valence-electron chi connectivity index (χ1n) is 12.0. The summed E-state index contributed by atoms with van der Waals surface area (Å²) < 4.78 is 36.7. The van der Waals surface area contributed by atoms with Gasteiger partial charge in [-0.3, -0.25) is 4.90 Å². The Morgan fingerprint density at radius 1 is 1.09 bits per heavy atom. The van der Waals surface area contributed by atoms with Crippen LogP contribution in [0.4, 0.5) is 4.79 Å². The Kier molecular flexibility index (Phi) is 7.39. The summed E-state index contributed by atoms with van der Waals surface area (Å²) in [5, 5.41) is 0.597. The number of benzene rings is 1. The quantitative estimate of drug-likeness (QED) is 0.600. The SMILES string of the molecule is CC(C)(C)OC(=O)N1C[C@H]2CC(Oc3ccc(CN4CCN(S(C)(=O)=O)CC4)cc3Cl)C[C@H]2C1. The molecule has 0 spiro atoms. The molecule has 1 amide bonds. The Balaban J connectivity index is 1.26. The molecule has 2 saturated heterocycles. The number of hydrogen-bond acceptors (Lipinski definition) is 6. The van der Waals surface area contributed by atoms with Crippen LogP contribution in [-0.2, 0) is 21.3 Å². The van der Waals surface area contributed by atoms with Crippen molar-refractivity contribution in [2.24, 2.45) is 11.8 Å².